The van der Waals surface area contributed by atoms with Crippen LogP contribution in [0.15, 0.2) is 30.8 Å². The Hall–Kier alpha value is -0.292. The van der Waals surface area contributed by atoms with Crippen LogP contribution in [0.5, 0.6) is 0 Å². The third-order valence-electron chi connectivity index (χ3n) is 4.35. The molecule has 3 nitrogen and oxygen atoms in total. The second-order valence-electron chi connectivity index (χ2n) is 8.43. The Morgan fingerprint density at radius 3 is 2.00 bits per heavy atom. The van der Waals surface area contributed by atoms with Gasteiger partial charge in [0.1, 0.15) is 0 Å². The summed E-state index contributed by atoms with van der Waals surface area (Å²) in [5, 5.41) is 1.17. The second kappa shape index (κ2) is 7.53. The van der Waals surface area contributed by atoms with Crippen molar-refractivity contribution in [3.05, 3.63) is 36.4 Å². The lowest BCUT2D eigenvalue weighted by Gasteiger charge is -2.45. The van der Waals surface area contributed by atoms with Crippen molar-refractivity contribution >= 4 is 43.8 Å². The van der Waals surface area contributed by atoms with Gasteiger partial charge in [-0.2, -0.15) is 0 Å². The van der Waals surface area contributed by atoms with Crippen LogP contribution in [-0.2, 0) is 8.23 Å². The Balaban J connectivity index is 3.48. The van der Waals surface area contributed by atoms with Crippen LogP contribution < -0.4 is 5.19 Å². The molecule has 0 saturated carbocycles. The van der Waals surface area contributed by atoms with Crippen LogP contribution in [0.4, 0.5) is 0 Å². The van der Waals surface area contributed by atoms with E-state index in [9.17, 15) is 4.80 Å². The molecule has 1 unspecified atom stereocenters. The molecule has 0 spiro atoms. The van der Waals surface area contributed by atoms with Crippen molar-refractivity contribution in [2.75, 3.05) is 0 Å². The first-order valence-corrected chi connectivity index (χ1v) is 20.9. The Morgan fingerprint density at radius 2 is 1.54 bits per heavy atom. The number of hydrogen-bond acceptors (Lipinski definition) is 3. The molecule has 0 amide bonds. The van der Waals surface area contributed by atoms with E-state index in [2.05, 4.69) is 71.5 Å². The van der Waals surface area contributed by atoms with Crippen molar-refractivity contribution in [3.63, 3.8) is 0 Å². The first kappa shape index (κ1) is 21.7. The topological polar surface area (TPSA) is 38.7 Å². The van der Waals surface area contributed by atoms with Gasteiger partial charge < -0.3 is 13.0 Å². The van der Waals surface area contributed by atoms with Gasteiger partial charge in [0.05, 0.1) is 0 Å². The minimum absolute atomic E-state index is 0.963. The van der Waals surface area contributed by atoms with Gasteiger partial charge in [0, 0.05) is 0 Å². The molecule has 0 aromatic heterocycles. The van der Waals surface area contributed by atoms with Crippen molar-refractivity contribution in [2.45, 2.75) is 58.8 Å². The summed E-state index contributed by atoms with van der Waals surface area (Å²) < 4.78 is 13.0. The largest absolute Gasteiger partial charge is 0.452 e. The average Bonchev–Trinajstić information content (AvgIpc) is 2.44. The first-order valence-electron chi connectivity index (χ1n) is 8.63. The molecule has 0 aliphatic heterocycles. The van der Waals surface area contributed by atoms with Gasteiger partial charge in [-0.3, -0.25) is 0 Å². The molecular formula is C17H34O3Si4. The molecule has 1 rings (SSSR count). The van der Waals surface area contributed by atoms with Crippen molar-refractivity contribution in [1.29, 1.82) is 0 Å². The number of hydrogen-bond donors (Lipinski definition) is 1. The minimum atomic E-state index is -3.34. The van der Waals surface area contributed by atoms with E-state index in [0.717, 1.165) is 11.6 Å². The van der Waals surface area contributed by atoms with Crippen LogP contribution in [0.3, 0.4) is 0 Å². The molecule has 1 aromatic carbocycles. The van der Waals surface area contributed by atoms with Gasteiger partial charge in [-0.05, 0) is 49.5 Å². The lowest BCUT2D eigenvalue weighted by Crippen LogP contribution is -2.75. The number of rotatable bonds is 8. The van der Waals surface area contributed by atoms with E-state index in [4.69, 9.17) is 8.23 Å². The van der Waals surface area contributed by atoms with E-state index >= 15 is 0 Å². The molecule has 1 N–H and O–H groups in total. The molecule has 7 heteroatoms. The van der Waals surface area contributed by atoms with E-state index in [0.29, 0.717) is 0 Å². The zero-order chi connectivity index (χ0) is 18.8. The van der Waals surface area contributed by atoms with E-state index < -0.39 is 32.5 Å². The first-order chi connectivity index (χ1) is 10.8. The average molecular weight is 399 g/mol. The van der Waals surface area contributed by atoms with Gasteiger partial charge in [0.25, 0.3) is 0 Å². The maximum absolute atomic E-state index is 11.8. The van der Waals surface area contributed by atoms with Crippen molar-refractivity contribution in [1.82, 2.24) is 0 Å². The summed E-state index contributed by atoms with van der Waals surface area (Å²) in [6.07, 6.45) is 1.87. The third-order valence-corrected chi connectivity index (χ3v) is 23.7. The quantitative estimate of drug-likeness (QED) is 0.662. The van der Waals surface area contributed by atoms with E-state index in [1.54, 1.807) is 0 Å². The monoisotopic (exact) mass is 398 g/mol. The summed E-state index contributed by atoms with van der Waals surface area (Å²) in [5.74, 6) is 0. The highest BCUT2D eigenvalue weighted by Crippen LogP contribution is 2.29. The zero-order valence-electron chi connectivity index (χ0n) is 16.6. The normalized spacial score (nSPS) is 15.9. The van der Waals surface area contributed by atoms with E-state index in [1.165, 1.54) is 5.19 Å². The minimum Gasteiger partial charge on any atom is -0.419 e. The van der Waals surface area contributed by atoms with Crippen molar-refractivity contribution in [3.8, 4) is 0 Å². The Bertz CT molecular complexity index is 581. The predicted octanol–water partition coefficient (Wildman–Crippen LogP) is 4.35. The maximum atomic E-state index is 11.8. The van der Waals surface area contributed by atoms with Crippen molar-refractivity contribution in [2.24, 2.45) is 0 Å². The van der Waals surface area contributed by atoms with Crippen LogP contribution in [0, 0.1) is 0 Å². The SMILES string of the molecule is C=Cc1ccccc1[Si](C)(C)[Si](O)(O[Si](C)(C)C)O[Si](C)(C)CC. The number of benzene rings is 1. The molecule has 136 valence electrons. The summed E-state index contributed by atoms with van der Waals surface area (Å²) in [6, 6.07) is 9.17. The molecule has 24 heavy (non-hydrogen) atoms. The summed E-state index contributed by atoms with van der Waals surface area (Å²) in [7, 11) is -9.65. The van der Waals surface area contributed by atoms with Crippen LogP contribution in [0.25, 0.3) is 6.08 Å². The van der Waals surface area contributed by atoms with E-state index in [1.807, 2.05) is 18.2 Å². The molecule has 1 atom stereocenters. The molecule has 0 fully saturated rings. The van der Waals surface area contributed by atoms with Gasteiger partial charge in [-0.15, -0.1) is 0 Å². The molecule has 0 saturated heterocycles. The lowest BCUT2D eigenvalue weighted by molar-refractivity contribution is 0.270. The van der Waals surface area contributed by atoms with Gasteiger partial charge in [-0.1, -0.05) is 56.9 Å². The molecule has 0 radical (unpaired) electrons. The maximum Gasteiger partial charge on any atom is 0.452 e. The highest BCUT2D eigenvalue weighted by Gasteiger charge is 2.59. The van der Waals surface area contributed by atoms with Gasteiger partial charge in [-0.25, -0.2) is 0 Å². The highest BCUT2D eigenvalue weighted by atomic mass is 29.3. The predicted molar refractivity (Wildman–Crippen MR) is 115 cm³/mol. The standard InChI is InChI=1S/C17H34O3Si4/c1-10-16-14-12-13-15-17(16)23(8,9)24(18,19-21(3,4)5)20-22(6,7)11-2/h10,12-15,18H,1,11H2,2-9H3. The fourth-order valence-corrected chi connectivity index (χ4v) is 25.3. The Kier molecular flexibility index (Phi) is 6.82. The van der Waals surface area contributed by atoms with Crippen LogP contribution in [-0.4, -0.2) is 37.3 Å². The molecule has 0 bridgehead atoms. The zero-order valence-corrected chi connectivity index (χ0v) is 20.6. The molecule has 0 aliphatic carbocycles. The Morgan fingerprint density at radius 1 is 1.00 bits per heavy atom. The molecule has 0 heterocycles. The molecule has 0 aliphatic rings. The molecule has 1 aromatic rings. The summed E-state index contributed by atoms with van der Waals surface area (Å²) >= 11 is 0. The highest BCUT2D eigenvalue weighted by molar-refractivity contribution is 7.41. The van der Waals surface area contributed by atoms with Crippen LogP contribution >= 0.6 is 0 Å². The van der Waals surface area contributed by atoms with Crippen LogP contribution in [0.2, 0.25) is 51.9 Å². The van der Waals surface area contributed by atoms with E-state index in [-0.39, 0.29) is 0 Å². The fourth-order valence-electron chi connectivity index (χ4n) is 2.55. The van der Waals surface area contributed by atoms with Crippen molar-refractivity contribution < 1.29 is 13.0 Å². The third kappa shape index (κ3) is 5.10. The summed E-state index contributed by atoms with van der Waals surface area (Å²) in [4.78, 5) is 11.8. The molecular weight excluding hydrogens is 365 g/mol. The van der Waals surface area contributed by atoms with Crippen LogP contribution in [0.1, 0.15) is 12.5 Å². The summed E-state index contributed by atoms with van der Waals surface area (Å²) in [5.41, 5.74) is 1.08. The van der Waals surface area contributed by atoms with Gasteiger partial charge >= 0.3 is 8.32 Å². The lowest BCUT2D eigenvalue weighted by atomic mass is 10.2. The Labute approximate surface area is 152 Å². The van der Waals surface area contributed by atoms with Gasteiger partial charge in [0.2, 0.25) is 0 Å². The summed E-state index contributed by atoms with van der Waals surface area (Å²) in [6.45, 7) is 21.2. The second-order valence-corrected chi connectivity index (χ2v) is 29.1. The smallest absolute Gasteiger partial charge is 0.419 e. The fraction of sp³-hybridized carbons (Fsp3) is 0.529. The van der Waals surface area contributed by atoms with Gasteiger partial charge in [0.15, 0.2) is 24.2 Å².